The highest BCUT2D eigenvalue weighted by molar-refractivity contribution is 5.95. The third kappa shape index (κ3) is 4.04. The van der Waals surface area contributed by atoms with Crippen LogP contribution in [0, 0.1) is 17.3 Å². The number of imidazole rings is 1. The van der Waals surface area contributed by atoms with Gasteiger partial charge in [-0.15, -0.1) is 0 Å². The topological polar surface area (TPSA) is 76.5 Å². The van der Waals surface area contributed by atoms with E-state index in [2.05, 4.69) is 30.7 Å². The zero-order chi connectivity index (χ0) is 23.9. The molecule has 2 amide bonds. The maximum atomic E-state index is 13.6. The van der Waals surface area contributed by atoms with Gasteiger partial charge in [-0.2, -0.15) is 0 Å². The molecule has 1 aromatic heterocycles. The number of ether oxygens (including phenoxy) is 1. The van der Waals surface area contributed by atoms with Crippen LogP contribution >= 0.6 is 0 Å². The summed E-state index contributed by atoms with van der Waals surface area (Å²) in [6.07, 6.45) is 4.02. The number of benzene rings is 1. The molecule has 0 radical (unpaired) electrons. The van der Waals surface area contributed by atoms with Crippen LogP contribution in [-0.4, -0.2) is 52.1 Å². The van der Waals surface area contributed by atoms with Gasteiger partial charge in [0, 0.05) is 31.3 Å². The van der Waals surface area contributed by atoms with E-state index < -0.39 is 0 Å². The van der Waals surface area contributed by atoms with E-state index in [1.807, 2.05) is 35.2 Å². The molecule has 7 heteroatoms. The zero-order valence-electron chi connectivity index (χ0n) is 20.5. The number of rotatable bonds is 5. The molecule has 2 fully saturated rings. The average molecular weight is 465 g/mol. The highest BCUT2D eigenvalue weighted by Gasteiger charge is 2.43. The van der Waals surface area contributed by atoms with Gasteiger partial charge in [0.1, 0.15) is 5.82 Å². The predicted molar refractivity (Wildman–Crippen MR) is 130 cm³/mol. The van der Waals surface area contributed by atoms with Gasteiger partial charge in [-0.3, -0.25) is 9.59 Å². The van der Waals surface area contributed by atoms with Crippen molar-refractivity contribution in [3.63, 3.8) is 0 Å². The summed E-state index contributed by atoms with van der Waals surface area (Å²) in [4.78, 5) is 33.5. The van der Waals surface area contributed by atoms with Crippen molar-refractivity contribution in [2.24, 2.45) is 17.3 Å². The summed E-state index contributed by atoms with van der Waals surface area (Å²) in [5.74, 6) is 1.33. The summed E-state index contributed by atoms with van der Waals surface area (Å²) >= 11 is 0. The molecule has 3 atom stereocenters. The van der Waals surface area contributed by atoms with Crippen molar-refractivity contribution in [2.45, 2.75) is 65.6 Å². The molecule has 1 N–H and O–H groups in total. The highest BCUT2D eigenvalue weighted by atomic mass is 16.5. The number of fused-ring (bicyclic) bond motifs is 1. The van der Waals surface area contributed by atoms with E-state index in [0.29, 0.717) is 44.5 Å². The van der Waals surface area contributed by atoms with E-state index in [1.165, 1.54) is 0 Å². The number of carbonyl (C=O) groups excluding carboxylic acids is 2. The smallest absolute Gasteiger partial charge is 0.272 e. The Morgan fingerprint density at radius 3 is 2.62 bits per heavy atom. The quantitative estimate of drug-likeness (QED) is 0.729. The first-order valence-corrected chi connectivity index (χ1v) is 12.7. The Labute approximate surface area is 201 Å². The van der Waals surface area contributed by atoms with Crippen LogP contribution in [-0.2, 0) is 22.6 Å². The van der Waals surface area contributed by atoms with Gasteiger partial charge >= 0.3 is 0 Å². The molecule has 3 unspecified atom stereocenters. The second-order valence-corrected chi connectivity index (χ2v) is 10.6. The lowest BCUT2D eigenvalue weighted by Gasteiger charge is -2.33. The van der Waals surface area contributed by atoms with E-state index in [4.69, 9.17) is 9.72 Å². The van der Waals surface area contributed by atoms with Crippen molar-refractivity contribution in [3.05, 3.63) is 41.7 Å². The summed E-state index contributed by atoms with van der Waals surface area (Å²) in [6, 6.07) is 10.1. The monoisotopic (exact) mass is 464 g/mol. The highest BCUT2D eigenvalue weighted by Crippen LogP contribution is 2.44. The first-order valence-electron chi connectivity index (χ1n) is 12.7. The zero-order valence-corrected chi connectivity index (χ0v) is 20.5. The Hall–Kier alpha value is -2.67. The van der Waals surface area contributed by atoms with Crippen molar-refractivity contribution < 1.29 is 14.3 Å². The molecule has 0 spiro atoms. The molecule has 0 bridgehead atoms. The van der Waals surface area contributed by atoms with Crippen LogP contribution in [0.15, 0.2) is 30.3 Å². The van der Waals surface area contributed by atoms with Crippen LogP contribution in [0.4, 0.5) is 0 Å². The molecule has 182 valence electrons. The summed E-state index contributed by atoms with van der Waals surface area (Å²) in [7, 11) is 0. The minimum atomic E-state index is -0.126. The summed E-state index contributed by atoms with van der Waals surface area (Å²) < 4.78 is 7.58. The van der Waals surface area contributed by atoms with Gasteiger partial charge in [0.2, 0.25) is 5.91 Å². The Kier molecular flexibility index (Phi) is 6.23. The fraction of sp³-hybridized carbons (Fsp3) is 0.593. The van der Waals surface area contributed by atoms with E-state index in [0.717, 1.165) is 42.8 Å². The van der Waals surface area contributed by atoms with Crippen LogP contribution < -0.4 is 5.32 Å². The number of nitrogens with one attached hydrogen (secondary N) is 1. The Bertz CT molecular complexity index is 1060. The minimum absolute atomic E-state index is 0.0525. The molecule has 3 heterocycles. The van der Waals surface area contributed by atoms with Crippen molar-refractivity contribution >= 4 is 11.8 Å². The van der Waals surface area contributed by atoms with Crippen molar-refractivity contribution in [1.82, 2.24) is 19.8 Å². The summed E-state index contributed by atoms with van der Waals surface area (Å²) in [5, 5.41) is 3.33. The molecule has 2 aliphatic heterocycles. The maximum Gasteiger partial charge on any atom is 0.272 e. The first-order chi connectivity index (χ1) is 16.4. The standard InChI is InChI=1S/C27H36N4O3/c1-4-20-10-11-22(27(20,2)3)28-25(32)23-21-16-30(26(33)19-12-15-34-17-19)13-14-31(21)24(29-23)18-8-6-5-7-9-18/h5-9,19-20,22H,4,10-17H2,1-3H3,(H,28,32). The van der Waals surface area contributed by atoms with Gasteiger partial charge in [-0.05, 0) is 30.6 Å². The number of hydrogen-bond acceptors (Lipinski definition) is 4. The molecule has 1 saturated heterocycles. The van der Waals surface area contributed by atoms with Crippen molar-refractivity contribution in [2.75, 3.05) is 19.8 Å². The summed E-state index contributed by atoms with van der Waals surface area (Å²) in [6.45, 7) is 9.55. The fourth-order valence-corrected chi connectivity index (χ4v) is 6.14. The molecule has 7 nitrogen and oxygen atoms in total. The average Bonchev–Trinajstić information content (AvgIpc) is 3.57. The van der Waals surface area contributed by atoms with Gasteiger partial charge in [0.25, 0.3) is 5.91 Å². The molecule has 1 aliphatic carbocycles. The number of hydrogen-bond donors (Lipinski definition) is 1. The lowest BCUT2D eigenvalue weighted by atomic mass is 9.78. The summed E-state index contributed by atoms with van der Waals surface area (Å²) in [5.41, 5.74) is 2.32. The second-order valence-electron chi connectivity index (χ2n) is 10.6. The molecule has 1 saturated carbocycles. The van der Waals surface area contributed by atoms with Gasteiger partial charge in [-0.25, -0.2) is 4.98 Å². The van der Waals surface area contributed by atoms with Gasteiger partial charge in [0.05, 0.1) is 24.8 Å². The lowest BCUT2D eigenvalue weighted by molar-refractivity contribution is -0.137. The van der Waals surface area contributed by atoms with Gasteiger partial charge in [0.15, 0.2) is 5.69 Å². The Morgan fingerprint density at radius 1 is 1.15 bits per heavy atom. The Balaban J connectivity index is 1.45. The van der Waals surface area contributed by atoms with E-state index in [9.17, 15) is 9.59 Å². The molecular formula is C27H36N4O3. The van der Waals surface area contributed by atoms with Crippen LogP contribution in [0.25, 0.3) is 11.4 Å². The van der Waals surface area contributed by atoms with Crippen LogP contribution in [0.5, 0.6) is 0 Å². The second kappa shape index (κ2) is 9.17. The SMILES string of the molecule is CCC1CCC(NC(=O)c2nc(-c3ccccc3)n3c2CN(C(=O)C2CCOC2)CC3)C1(C)C. The molecular weight excluding hydrogens is 428 g/mol. The number of aromatic nitrogens is 2. The third-order valence-electron chi connectivity index (χ3n) is 8.40. The Morgan fingerprint density at radius 2 is 1.94 bits per heavy atom. The molecule has 5 rings (SSSR count). The fourth-order valence-electron chi connectivity index (χ4n) is 6.14. The van der Waals surface area contributed by atoms with Crippen LogP contribution in [0.1, 0.15) is 62.6 Å². The maximum absolute atomic E-state index is 13.6. The number of nitrogens with zero attached hydrogens (tertiary/aromatic N) is 3. The molecule has 2 aromatic rings. The molecule has 1 aromatic carbocycles. The van der Waals surface area contributed by atoms with Crippen molar-refractivity contribution in [3.8, 4) is 11.4 Å². The number of amides is 2. The first kappa shape index (κ1) is 23.1. The normalized spacial score (nSPS) is 25.9. The van der Waals surface area contributed by atoms with Gasteiger partial charge in [-0.1, -0.05) is 57.5 Å². The van der Waals surface area contributed by atoms with Gasteiger partial charge < -0.3 is 19.5 Å². The molecule has 3 aliphatic rings. The van der Waals surface area contributed by atoms with E-state index >= 15 is 0 Å². The lowest BCUT2D eigenvalue weighted by Crippen LogP contribution is -2.45. The van der Waals surface area contributed by atoms with Crippen molar-refractivity contribution in [1.29, 1.82) is 0 Å². The minimum Gasteiger partial charge on any atom is -0.381 e. The number of carbonyl (C=O) groups is 2. The largest absolute Gasteiger partial charge is 0.381 e. The third-order valence-corrected chi connectivity index (χ3v) is 8.40. The molecule has 34 heavy (non-hydrogen) atoms. The van der Waals surface area contributed by atoms with Crippen LogP contribution in [0.3, 0.4) is 0 Å². The van der Waals surface area contributed by atoms with E-state index in [1.54, 1.807) is 0 Å². The van der Waals surface area contributed by atoms with E-state index in [-0.39, 0.29) is 29.2 Å². The predicted octanol–water partition coefficient (Wildman–Crippen LogP) is 3.87. The van der Waals surface area contributed by atoms with Crippen LogP contribution in [0.2, 0.25) is 0 Å².